The summed E-state index contributed by atoms with van der Waals surface area (Å²) in [5.41, 5.74) is 1.06. The Balaban J connectivity index is 1.79. The van der Waals surface area contributed by atoms with E-state index in [1.165, 1.54) is 0 Å². The number of guanidine groups is 1. The van der Waals surface area contributed by atoms with Crippen molar-refractivity contribution in [3.63, 3.8) is 0 Å². The topological polar surface area (TPSA) is 58.8 Å². The molecule has 0 atom stereocenters. The molecule has 0 spiro atoms. The minimum atomic E-state index is 0.311. The lowest BCUT2D eigenvalue weighted by atomic mass is 9.93. The van der Waals surface area contributed by atoms with Crippen molar-refractivity contribution < 1.29 is 9.15 Å². The maximum absolute atomic E-state index is 5.93. The van der Waals surface area contributed by atoms with E-state index in [2.05, 4.69) is 36.1 Å². The summed E-state index contributed by atoms with van der Waals surface area (Å²) in [6.45, 7) is 11.6. The van der Waals surface area contributed by atoms with Gasteiger partial charge in [0.1, 0.15) is 5.76 Å². The summed E-state index contributed by atoms with van der Waals surface area (Å²) >= 11 is 0. The van der Waals surface area contributed by atoms with Crippen LogP contribution in [-0.2, 0) is 11.2 Å². The molecular formula is C20H33N3O2. The van der Waals surface area contributed by atoms with Gasteiger partial charge >= 0.3 is 0 Å². The summed E-state index contributed by atoms with van der Waals surface area (Å²) in [6, 6.07) is 4.36. The van der Waals surface area contributed by atoms with Crippen LogP contribution in [0.2, 0.25) is 0 Å². The Bertz CT molecular complexity index is 529. The van der Waals surface area contributed by atoms with Crippen LogP contribution in [0.3, 0.4) is 0 Å². The van der Waals surface area contributed by atoms with Crippen LogP contribution in [0.15, 0.2) is 40.0 Å². The lowest BCUT2D eigenvalue weighted by molar-refractivity contribution is -0.0152. The minimum Gasteiger partial charge on any atom is -0.469 e. The molecule has 1 aliphatic rings. The Morgan fingerprint density at radius 1 is 1.36 bits per heavy atom. The molecule has 0 aliphatic heterocycles. The van der Waals surface area contributed by atoms with Gasteiger partial charge in [-0.2, -0.15) is 0 Å². The minimum absolute atomic E-state index is 0.311. The fraction of sp³-hybridized carbons (Fsp3) is 0.650. The fourth-order valence-electron chi connectivity index (χ4n) is 3.05. The molecule has 0 aromatic carbocycles. The molecule has 0 saturated heterocycles. The largest absolute Gasteiger partial charge is 0.469 e. The zero-order valence-corrected chi connectivity index (χ0v) is 15.9. The predicted molar refractivity (Wildman–Crippen MR) is 103 cm³/mol. The van der Waals surface area contributed by atoms with Crippen LogP contribution < -0.4 is 10.6 Å². The van der Waals surface area contributed by atoms with Gasteiger partial charge in [-0.1, -0.05) is 12.2 Å². The van der Waals surface area contributed by atoms with Crippen molar-refractivity contribution in [2.75, 3.05) is 13.1 Å². The number of nitrogens with one attached hydrogen (secondary N) is 2. The third kappa shape index (κ3) is 7.78. The molecule has 140 valence electrons. The van der Waals surface area contributed by atoms with Gasteiger partial charge in [0, 0.05) is 19.0 Å². The van der Waals surface area contributed by atoms with Gasteiger partial charge < -0.3 is 19.8 Å². The van der Waals surface area contributed by atoms with Gasteiger partial charge in [0.25, 0.3) is 0 Å². The quantitative estimate of drug-likeness (QED) is 0.428. The van der Waals surface area contributed by atoms with Crippen molar-refractivity contribution in [1.82, 2.24) is 10.6 Å². The lowest BCUT2D eigenvalue weighted by Gasteiger charge is -2.31. The van der Waals surface area contributed by atoms with Crippen molar-refractivity contribution in [3.8, 4) is 0 Å². The highest BCUT2D eigenvalue weighted by atomic mass is 16.5. The molecule has 0 amide bonds. The molecular weight excluding hydrogens is 314 g/mol. The third-order valence-corrected chi connectivity index (χ3v) is 4.23. The van der Waals surface area contributed by atoms with Gasteiger partial charge in [-0.05, 0) is 58.6 Å². The molecule has 2 N–H and O–H groups in total. The zero-order valence-electron chi connectivity index (χ0n) is 15.9. The van der Waals surface area contributed by atoms with Gasteiger partial charge in [-0.25, -0.2) is 4.99 Å². The number of furan rings is 1. The Kier molecular flexibility index (Phi) is 8.06. The molecule has 1 fully saturated rings. The molecule has 1 saturated carbocycles. The van der Waals surface area contributed by atoms with Crippen molar-refractivity contribution in [2.45, 2.75) is 71.1 Å². The van der Waals surface area contributed by atoms with E-state index in [-0.39, 0.29) is 0 Å². The van der Waals surface area contributed by atoms with Gasteiger partial charge in [0.05, 0.1) is 25.0 Å². The van der Waals surface area contributed by atoms with E-state index >= 15 is 0 Å². The van der Waals surface area contributed by atoms with Crippen molar-refractivity contribution in [3.05, 3.63) is 36.3 Å². The van der Waals surface area contributed by atoms with Gasteiger partial charge in [-0.3, -0.25) is 0 Å². The van der Waals surface area contributed by atoms with Crippen LogP contribution in [-0.4, -0.2) is 37.3 Å². The summed E-state index contributed by atoms with van der Waals surface area (Å²) in [4.78, 5) is 4.64. The average molecular weight is 348 g/mol. The summed E-state index contributed by atoms with van der Waals surface area (Å²) in [7, 11) is 0. The van der Waals surface area contributed by atoms with Gasteiger partial charge in [0.2, 0.25) is 0 Å². The number of hydrogen-bond donors (Lipinski definition) is 2. The second-order valence-electron chi connectivity index (χ2n) is 7.18. The van der Waals surface area contributed by atoms with Crippen LogP contribution in [0.4, 0.5) is 0 Å². The zero-order chi connectivity index (χ0) is 18.1. The second-order valence-corrected chi connectivity index (χ2v) is 7.18. The number of rotatable bonds is 8. The van der Waals surface area contributed by atoms with E-state index in [1.807, 2.05) is 19.1 Å². The summed E-state index contributed by atoms with van der Waals surface area (Å²) in [5.74, 6) is 1.85. The Labute approximate surface area is 151 Å². The van der Waals surface area contributed by atoms with Gasteiger partial charge in [-0.15, -0.1) is 0 Å². The summed E-state index contributed by atoms with van der Waals surface area (Å²) in [6.07, 6.45) is 7.71. The number of nitrogens with zero attached hydrogens (tertiary/aromatic N) is 1. The van der Waals surface area contributed by atoms with E-state index in [1.54, 1.807) is 6.26 Å². The monoisotopic (exact) mass is 347 g/mol. The fourth-order valence-corrected chi connectivity index (χ4v) is 3.05. The van der Waals surface area contributed by atoms with E-state index in [9.17, 15) is 0 Å². The third-order valence-electron chi connectivity index (χ3n) is 4.23. The summed E-state index contributed by atoms with van der Waals surface area (Å²) in [5, 5.41) is 6.99. The highest BCUT2D eigenvalue weighted by Crippen LogP contribution is 2.22. The molecule has 0 bridgehead atoms. The van der Waals surface area contributed by atoms with Crippen molar-refractivity contribution in [2.24, 2.45) is 4.99 Å². The van der Waals surface area contributed by atoms with Crippen molar-refractivity contribution >= 4 is 5.96 Å². The van der Waals surface area contributed by atoms with Gasteiger partial charge in [0.15, 0.2) is 5.96 Å². The molecule has 1 aromatic heterocycles. The average Bonchev–Trinajstić information content (AvgIpc) is 3.07. The molecule has 5 heteroatoms. The smallest absolute Gasteiger partial charge is 0.191 e. The first-order chi connectivity index (χ1) is 12.0. The SMILES string of the molecule is C=C(C)CN=C(NCCc1ccco1)NC1CCC(OC(C)C)CC1. The predicted octanol–water partition coefficient (Wildman–Crippen LogP) is 3.67. The highest BCUT2D eigenvalue weighted by Gasteiger charge is 2.23. The molecule has 25 heavy (non-hydrogen) atoms. The molecule has 1 aliphatic carbocycles. The molecule has 0 unspecified atom stereocenters. The summed E-state index contributed by atoms with van der Waals surface area (Å²) < 4.78 is 11.3. The van der Waals surface area contributed by atoms with Crippen LogP contribution >= 0.6 is 0 Å². The van der Waals surface area contributed by atoms with Crippen LogP contribution in [0.1, 0.15) is 52.2 Å². The molecule has 0 radical (unpaired) electrons. The number of ether oxygens (including phenoxy) is 1. The standard InChI is InChI=1S/C20H33N3O2/c1-15(2)14-22-20(21-12-11-18-6-5-13-24-18)23-17-7-9-19(10-8-17)25-16(3)4/h5-6,13,16-17,19H,1,7-12,14H2,2-4H3,(H2,21,22,23). The van der Waals surface area contributed by atoms with Crippen LogP contribution in [0, 0.1) is 0 Å². The first-order valence-corrected chi connectivity index (χ1v) is 9.40. The normalized spacial score (nSPS) is 21.4. The van der Waals surface area contributed by atoms with E-state index in [0.29, 0.717) is 24.8 Å². The maximum atomic E-state index is 5.93. The molecule has 1 heterocycles. The molecule has 5 nitrogen and oxygen atoms in total. The Hall–Kier alpha value is -1.75. The molecule has 2 rings (SSSR count). The van der Waals surface area contributed by atoms with E-state index < -0.39 is 0 Å². The van der Waals surface area contributed by atoms with Crippen LogP contribution in [0.5, 0.6) is 0 Å². The van der Waals surface area contributed by atoms with Crippen LogP contribution in [0.25, 0.3) is 0 Å². The number of aliphatic imine (C=N–C) groups is 1. The maximum Gasteiger partial charge on any atom is 0.191 e. The molecule has 1 aromatic rings. The lowest BCUT2D eigenvalue weighted by Crippen LogP contribution is -2.46. The second kappa shape index (κ2) is 10.3. The van der Waals surface area contributed by atoms with Crippen molar-refractivity contribution in [1.29, 1.82) is 0 Å². The van der Waals surface area contributed by atoms with E-state index in [4.69, 9.17) is 9.15 Å². The number of hydrogen-bond acceptors (Lipinski definition) is 3. The first-order valence-electron chi connectivity index (χ1n) is 9.40. The Morgan fingerprint density at radius 3 is 2.72 bits per heavy atom. The Morgan fingerprint density at radius 2 is 2.12 bits per heavy atom. The highest BCUT2D eigenvalue weighted by molar-refractivity contribution is 5.80. The van der Waals surface area contributed by atoms with E-state index in [0.717, 1.165) is 55.9 Å². The first kappa shape index (κ1) is 19.6.